The molecule has 106 valence electrons. The second-order valence-corrected chi connectivity index (χ2v) is 3.53. The Labute approximate surface area is 105 Å². The van der Waals surface area contributed by atoms with Crippen LogP contribution >= 0.6 is 0 Å². The van der Waals surface area contributed by atoms with E-state index in [1.165, 1.54) is 0 Å². The fourth-order valence-corrected chi connectivity index (χ4v) is 1.15. The molecule has 0 aliphatic heterocycles. The molecule has 0 saturated carbocycles. The van der Waals surface area contributed by atoms with Crippen molar-refractivity contribution < 1.29 is 31.5 Å². The number of alkyl halides is 3. The molecule has 0 fully saturated rings. The minimum Gasteiger partial charge on any atom is -0.490 e. The van der Waals surface area contributed by atoms with E-state index in [-0.39, 0.29) is 25.3 Å². The monoisotopic (exact) mass is 283 g/mol. The van der Waals surface area contributed by atoms with Gasteiger partial charge >= 0.3 is 12.1 Å². The van der Waals surface area contributed by atoms with Crippen molar-refractivity contribution in [1.82, 2.24) is 5.32 Å². The molecule has 1 rings (SSSR count). The van der Waals surface area contributed by atoms with Gasteiger partial charge in [0.25, 0.3) is 0 Å². The summed E-state index contributed by atoms with van der Waals surface area (Å²) in [5.41, 5.74) is 0. The predicted molar refractivity (Wildman–Crippen MR) is 55.5 cm³/mol. The number of halogens is 5. The van der Waals surface area contributed by atoms with Crippen molar-refractivity contribution in [1.29, 1.82) is 0 Å². The normalized spacial score (nSPS) is 11.2. The summed E-state index contributed by atoms with van der Waals surface area (Å²) in [4.78, 5) is 10.4. The summed E-state index contributed by atoms with van der Waals surface area (Å²) in [6.07, 6.45) is -4.87. The number of carbonyl (C=O) groups excluding carboxylic acids is 1. The van der Waals surface area contributed by atoms with Crippen LogP contribution in [-0.2, 0) is 4.79 Å². The molecule has 0 aliphatic carbocycles. The highest BCUT2D eigenvalue weighted by Gasteiger charge is 2.38. The van der Waals surface area contributed by atoms with Crippen LogP contribution in [0.3, 0.4) is 0 Å². The maximum atomic E-state index is 13.1. The Morgan fingerprint density at radius 2 is 1.95 bits per heavy atom. The molecule has 3 nitrogen and oxygen atoms in total. The highest BCUT2D eigenvalue weighted by molar-refractivity contribution is 5.81. The molecule has 0 aliphatic rings. The molecule has 0 bridgehead atoms. The number of hydrogen-bond acceptors (Lipinski definition) is 2. The van der Waals surface area contributed by atoms with Gasteiger partial charge in [0.2, 0.25) is 0 Å². The molecule has 0 saturated heterocycles. The summed E-state index contributed by atoms with van der Waals surface area (Å²) < 4.78 is 65.8. The zero-order chi connectivity index (χ0) is 14.5. The van der Waals surface area contributed by atoms with Crippen molar-refractivity contribution in [3.05, 3.63) is 29.8 Å². The van der Waals surface area contributed by atoms with E-state index in [9.17, 15) is 26.7 Å². The number of hydrogen-bond donors (Lipinski definition) is 1. The lowest BCUT2D eigenvalue weighted by Crippen LogP contribution is -2.37. The first-order valence-electron chi connectivity index (χ1n) is 5.23. The summed E-state index contributed by atoms with van der Waals surface area (Å²) in [5, 5.41) is 1.63. The zero-order valence-electron chi connectivity index (χ0n) is 9.56. The number of carbonyl (C=O) groups is 1. The van der Waals surface area contributed by atoms with Crippen LogP contribution in [0.4, 0.5) is 22.0 Å². The average Bonchev–Trinajstić information content (AvgIpc) is 2.29. The molecule has 0 atom stereocenters. The van der Waals surface area contributed by atoms with E-state index in [4.69, 9.17) is 4.74 Å². The van der Waals surface area contributed by atoms with E-state index < -0.39 is 23.7 Å². The molecule has 0 aromatic heterocycles. The Hall–Kier alpha value is -1.86. The van der Waals surface area contributed by atoms with Gasteiger partial charge in [-0.3, -0.25) is 4.79 Å². The highest BCUT2D eigenvalue weighted by Crippen LogP contribution is 2.17. The zero-order valence-corrected chi connectivity index (χ0v) is 9.56. The van der Waals surface area contributed by atoms with Crippen LogP contribution in [-0.4, -0.2) is 25.2 Å². The first-order valence-corrected chi connectivity index (χ1v) is 5.23. The maximum absolute atomic E-state index is 13.1. The second kappa shape index (κ2) is 6.35. The van der Waals surface area contributed by atoms with Crippen molar-refractivity contribution in [2.24, 2.45) is 0 Å². The standard InChI is InChI=1S/C11H10F5NO2/c12-7-2-3-9(8(13)6-7)19-5-1-4-17-10(18)11(14,15)16/h2-3,6H,1,4-5H2,(H,17,18). The van der Waals surface area contributed by atoms with Crippen molar-refractivity contribution in [3.63, 3.8) is 0 Å². The molecular formula is C11H10F5NO2. The lowest BCUT2D eigenvalue weighted by molar-refractivity contribution is -0.173. The van der Waals surface area contributed by atoms with Crippen LogP contribution < -0.4 is 10.1 Å². The van der Waals surface area contributed by atoms with Crippen LogP contribution in [0.25, 0.3) is 0 Å². The average molecular weight is 283 g/mol. The summed E-state index contributed by atoms with van der Waals surface area (Å²) >= 11 is 0. The van der Waals surface area contributed by atoms with E-state index in [0.29, 0.717) is 6.07 Å². The molecule has 0 heterocycles. The smallest absolute Gasteiger partial charge is 0.471 e. The third-order valence-corrected chi connectivity index (χ3v) is 2.02. The highest BCUT2D eigenvalue weighted by atomic mass is 19.4. The Balaban J connectivity index is 2.26. The SMILES string of the molecule is O=C(NCCCOc1ccc(F)cc1F)C(F)(F)F. The largest absolute Gasteiger partial charge is 0.490 e. The number of ether oxygens (including phenoxy) is 1. The number of rotatable bonds is 5. The molecule has 19 heavy (non-hydrogen) atoms. The van der Waals surface area contributed by atoms with E-state index in [1.807, 2.05) is 0 Å². The van der Waals surface area contributed by atoms with Crippen LogP contribution in [0.15, 0.2) is 18.2 Å². The lowest BCUT2D eigenvalue weighted by atomic mass is 10.3. The second-order valence-electron chi connectivity index (χ2n) is 3.53. The van der Waals surface area contributed by atoms with Crippen molar-refractivity contribution >= 4 is 5.91 Å². The van der Waals surface area contributed by atoms with Crippen LogP contribution in [0.5, 0.6) is 5.75 Å². The van der Waals surface area contributed by atoms with Crippen LogP contribution in [0.1, 0.15) is 6.42 Å². The van der Waals surface area contributed by atoms with Gasteiger partial charge in [-0.05, 0) is 18.6 Å². The van der Waals surface area contributed by atoms with Gasteiger partial charge in [0.05, 0.1) is 6.61 Å². The predicted octanol–water partition coefficient (Wildman–Crippen LogP) is 2.41. The minimum absolute atomic E-state index is 0.0542. The van der Waals surface area contributed by atoms with E-state index in [0.717, 1.165) is 12.1 Å². The first-order chi connectivity index (χ1) is 8.80. The quantitative estimate of drug-likeness (QED) is 0.665. The fourth-order valence-electron chi connectivity index (χ4n) is 1.15. The molecule has 1 N–H and O–H groups in total. The van der Waals surface area contributed by atoms with Gasteiger partial charge in [0.15, 0.2) is 11.6 Å². The van der Waals surface area contributed by atoms with Gasteiger partial charge in [-0.2, -0.15) is 13.2 Å². The Kier molecular flexibility index (Phi) is 5.08. The van der Waals surface area contributed by atoms with Crippen LogP contribution in [0, 0.1) is 11.6 Å². The van der Waals surface area contributed by atoms with Crippen molar-refractivity contribution in [3.8, 4) is 5.75 Å². The Morgan fingerprint density at radius 1 is 1.26 bits per heavy atom. The van der Waals surface area contributed by atoms with Gasteiger partial charge in [-0.1, -0.05) is 0 Å². The molecule has 0 spiro atoms. The summed E-state index contributed by atoms with van der Waals surface area (Å²) in [5.74, 6) is -3.91. The van der Waals surface area contributed by atoms with E-state index in [2.05, 4.69) is 0 Å². The van der Waals surface area contributed by atoms with Crippen molar-refractivity contribution in [2.75, 3.05) is 13.2 Å². The third-order valence-electron chi connectivity index (χ3n) is 2.02. The summed E-state index contributed by atoms with van der Waals surface area (Å²) in [7, 11) is 0. The number of nitrogens with one attached hydrogen (secondary N) is 1. The van der Waals surface area contributed by atoms with Gasteiger partial charge < -0.3 is 10.1 Å². The molecule has 0 radical (unpaired) electrons. The van der Waals surface area contributed by atoms with E-state index >= 15 is 0 Å². The summed E-state index contributed by atoms with van der Waals surface area (Å²) in [6.45, 7) is -0.373. The minimum atomic E-state index is -4.93. The van der Waals surface area contributed by atoms with E-state index in [1.54, 1.807) is 5.32 Å². The molecule has 0 unspecified atom stereocenters. The van der Waals surface area contributed by atoms with Gasteiger partial charge in [-0.25, -0.2) is 8.78 Å². The van der Waals surface area contributed by atoms with Gasteiger partial charge in [0, 0.05) is 12.6 Å². The Bertz CT molecular complexity index is 447. The Morgan fingerprint density at radius 3 is 2.53 bits per heavy atom. The molecule has 1 amide bonds. The first kappa shape index (κ1) is 15.2. The number of benzene rings is 1. The fraction of sp³-hybridized carbons (Fsp3) is 0.364. The van der Waals surface area contributed by atoms with Crippen LogP contribution in [0.2, 0.25) is 0 Å². The van der Waals surface area contributed by atoms with Gasteiger partial charge in [0.1, 0.15) is 5.82 Å². The molecule has 1 aromatic rings. The third kappa shape index (κ3) is 5.11. The maximum Gasteiger partial charge on any atom is 0.471 e. The molecular weight excluding hydrogens is 273 g/mol. The lowest BCUT2D eigenvalue weighted by Gasteiger charge is -2.09. The number of amides is 1. The topological polar surface area (TPSA) is 38.3 Å². The molecule has 8 heteroatoms. The molecule has 1 aromatic carbocycles. The van der Waals surface area contributed by atoms with Gasteiger partial charge in [-0.15, -0.1) is 0 Å². The summed E-state index contributed by atoms with van der Waals surface area (Å²) in [6, 6.07) is 2.68. The van der Waals surface area contributed by atoms with Crippen molar-refractivity contribution in [2.45, 2.75) is 12.6 Å².